The zero-order valence-corrected chi connectivity index (χ0v) is 10.9. The Labute approximate surface area is 118 Å². The maximum absolute atomic E-state index is 12.9. The maximum Gasteiger partial charge on any atom is 0.573 e. The Balaban J connectivity index is 3.66. The second-order valence-corrected chi connectivity index (χ2v) is 3.77. The van der Waals surface area contributed by atoms with Gasteiger partial charge in [0.25, 0.3) is 0 Å². The lowest BCUT2D eigenvalue weighted by Crippen LogP contribution is -2.24. The summed E-state index contributed by atoms with van der Waals surface area (Å²) in [5.41, 5.74) is -3.85. The van der Waals surface area contributed by atoms with Gasteiger partial charge in [0.2, 0.25) is 0 Å². The molecule has 21 heavy (non-hydrogen) atoms. The molecule has 118 valence electrons. The van der Waals surface area contributed by atoms with E-state index in [1.54, 1.807) is 0 Å². The predicted molar refractivity (Wildman–Crippen MR) is 56.8 cm³/mol. The molecule has 0 spiro atoms. The molecule has 0 aliphatic heterocycles. The number of hydrogen-bond acceptors (Lipinski definition) is 4. The van der Waals surface area contributed by atoms with E-state index in [0.717, 1.165) is 7.11 Å². The van der Waals surface area contributed by atoms with Crippen molar-refractivity contribution in [3.8, 4) is 5.75 Å². The number of ether oxygens (including phenoxy) is 2. The van der Waals surface area contributed by atoms with Crippen molar-refractivity contribution in [1.29, 1.82) is 0 Å². The van der Waals surface area contributed by atoms with Crippen LogP contribution >= 0.6 is 11.6 Å². The third-order valence-corrected chi connectivity index (χ3v) is 2.42. The summed E-state index contributed by atoms with van der Waals surface area (Å²) in [5.74, 6) is -4.08. The van der Waals surface area contributed by atoms with Crippen molar-refractivity contribution >= 4 is 17.6 Å². The lowest BCUT2D eigenvalue weighted by molar-refractivity contribution is -0.276. The molecule has 1 aromatic rings. The van der Waals surface area contributed by atoms with Gasteiger partial charge in [0, 0.05) is 17.6 Å². The molecule has 0 aliphatic carbocycles. The Morgan fingerprint density at radius 2 is 1.86 bits per heavy atom. The third-order valence-electron chi connectivity index (χ3n) is 2.14. The van der Waals surface area contributed by atoms with Crippen LogP contribution in [0.3, 0.4) is 0 Å². The molecule has 4 nitrogen and oxygen atoms in total. The smallest absolute Gasteiger partial charge is 0.464 e. The Morgan fingerprint density at radius 3 is 2.24 bits per heavy atom. The molecule has 0 atom stereocenters. The van der Waals surface area contributed by atoms with Gasteiger partial charge >= 0.3 is 18.5 Å². The van der Waals surface area contributed by atoms with Crippen molar-refractivity contribution in [2.45, 2.75) is 18.4 Å². The van der Waals surface area contributed by atoms with Crippen molar-refractivity contribution in [2.24, 2.45) is 0 Å². The summed E-state index contributed by atoms with van der Waals surface area (Å²) in [7, 11) is 0.768. The monoisotopic (exact) mass is 337 g/mol. The van der Waals surface area contributed by atoms with Crippen molar-refractivity contribution in [3.63, 3.8) is 0 Å². The summed E-state index contributed by atoms with van der Waals surface area (Å²) in [5, 5.41) is 0. The number of rotatable bonds is 3. The molecule has 0 radical (unpaired) electrons. The summed E-state index contributed by atoms with van der Waals surface area (Å²) in [6.07, 6.45) is -10.2. The lowest BCUT2D eigenvalue weighted by atomic mass is 10.1. The zero-order valence-electron chi connectivity index (χ0n) is 10.1. The van der Waals surface area contributed by atoms with Crippen LogP contribution in [0.15, 0.2) is 6.20 Å². The number of pyridine rings is 1. The normalized spacial score (nSPS) is 12.2. The molecule has 1 heterocycles. The molecule has 0 N–H and O–H groups in total. The minimum atomic E-state index is -5.46. The van der Waals surface area contributed by atoms with E-state index in [1.807, 2.05) is 0 Å². The summed E-state index contributed by atoms with van der Waals surface area (Å²) < 4.78 is 83.1. The van der Waals surface area contributed by atoms with E-state index in [9.17, 15) is 31.1 Å². The van der Waals surface area contributed by atoms with Crippen LogP contribution in [-0.4, -0.2) is 24.4 Å². The van der Waals surface area contributed by atoms with Crippen molar-refractivity contribution in [2.75, 3.05) is 7.11 Å². The van der Waals surface area contributed by atoms with Crippen LogP contribution in [0, 0.1) is 0 Å². The standard InChI is InChI=1S/C10H6ClF6NO3/c1-20-8(19)6-7(21-10(15,16)17)5(9(12,13)14)4(2-11)3-18-6/h3H,2H2,1H3. The highest BCUT2D eigenvalue weighted by molar-refractivity contribution is 6.17. The van der Waals surface area contributed by atoms with Crippen LogP contribution < -0.4 is 4.74 Å². The zero-order chi connectivity index (χ0) is 16.4. The molecule has 0 fully saturated rings. The fourth-order valence-electron chi connectivity index (χ4n) is 1.40. The first kappa shape index (κ1) is 17.3. The first-order valence-corrected chi connectivity index (χ1v) is 5.53. The van der Waals surface area contributed by atoms with Gasteiger partial charge in [0.05, 0.1) is 7.11 Å². The van der Waals surface area contributed by atoms with Gasteiger partial charge < -0.3 is 9.47 Å². The average Bonchev–Trinajstić information content (AvgIpc) is 2.33. The minimum absolute atomic E-state index is 0.533. The SMILES string of the molecule is COC(=O)c1ncc(CCl)c(C(F)(F)F)c1OC(F)(F)F. The molecular weight excluding hydrogens is 332 g/mol. The molecule has 0 aliphatic rings. The van der Waals surface area contributed by atoms with Gasteiger partial charge in [-0.3, -0.25) is 0 Å². The Morgan fingerprint density at radius 1 is 1.29 bits per heavy atom. The number of alkyl halides is 7. The van der Waals surface area contributed by atoms with Crippen LogP contribution in [0.1, 0.15) is 21.6 Å². The number of aromatic nitrogens is 1. The molecule has 0 unspecified atom stereocenters. The molecule has 1 aromatic heterocycles. The third kappa shape index (κ3) is 4.13. The summed E-state index contributed by atoms with van der Waals surface area (Å²) in [6.45, 7) is 0. The van der Waals surface area contributed by atoms with Gasteiger partial charge in [-0.2, -0.15) is 13.2 Å². The van der Waals surface area contributed by atoms with Crippen LogP contribution in [0.5, 0.6) is 5.75 Å². The second-order valence-electron chi connectivity index (χ2n) is 3.51. The topological polar surface area (TPSA) is 48.4 Å². The first-order valence-electron chi connectivity index (χ1n) is 5.00. The number of halogens is 7. The first-order chi connectivity index (χ1) is 9.51. The second kappa shape index (κ2) is 5.96. The van der Waals surface area contributed by atoms with Crippen LogP contribution in [0.2, 0.25) is 0 Å². The van der Waals surface area contributed by atoms with Crippen LogP contribution in [-0.2, 0) is 16.8 Å². The number of carbonyl (C=O) groups excluding carboxylic acids is 1. The van der Waals surface area contributed by atoms with Gasteiger partial charge in [-0.25, -0.2) is 9.78 Å². The molecule has 0 amide bonds. The van der Waals surface area contributed by atoms with Crippen molar-refractivity contribution in [1.82, 2.24) is 4.98 Å². The Kier molecular flexibility index (Phi) is 4.92. The highest BCUT2D eigenvalue weighted by Gasteiger charge is 2.44. The molecule has 0 aromatic carbocycles. The van der Waals surface area contributed by atoms with E-state index in [0.29, 0.717) is 6.20 Å². The number of methoxy groups -OCH3 is 1. The number of nitrogens with zero attached hydrogens (tertiary/aromatic N) is 1. The highest BCUT2D eigenvalue weighted by Crippen LogP contribution is 2.42. The van der Waals surface area contributed by atoms with Gasteiger partial charge in [-0.15, -0.1) is 24.8 Å². The molecule has 1 rings (SSSR count). The van der Waals surface area contributed by atoms with Gasteiger partial charge in [0.15, 0.2) is 11.4 Å². The van der Waals surface area contributed by atoms with E-state index in [4.69, 9.17) is 11.6 Å². The van der Waals surface area contributed by atoms with Gasteiger partial charge in [-0.05, 0) is 0 Å². The van der Waals surface area contributed by atoms with E-state index in [1.165, 1.54) is 0 Å². The molecule has 0 bridgehead atoms. The van der Waals surface area contributed by atoms with Gasteiger partial charge in [0.1, 0.15) is 5.56 Å². The number of carbonyl (C=O) groups is 1. The quantitative estimate of drug-likeness (QED) is 0.481. The fraction of sp³-hybridized carbons (Fsp3) is 0.400. The van der Waals surface area contributed by atoms with E-state index >= 15 is 0 Å². The van der Waals surface area contributed by atoms with E-state index in [-0.39, 0.29) is 0 Å². The van der Waals surface area contributed by atoms with Gasteiger partial charge in [-0.1, -0.05) is 0 Å². The van der Waals surface area contributed by atoms with Crippen LogP contribution in [0.4, 0.5) is 26.3 Å². The summed E-state index contributed by atoms with van der Waals surface area (Å²) in [6, 6.07) is 0. The van der Waals surface area contributed by atoms with Crippen molar-refractivity contribution in [3.05, 3.63) is 23.0 Å². The molecule has 0 saturated carbocycles. The minimum Gasteiger partial charge on any atom is -0.464 e. The van der Waals surface area contributed by atoms with Crippen molar-refractivity contribution < 1.29 is 40.6 Å². The molecule has 0 saturated heterocycles. The number of esters is 1. The van der Waals surface area contributed by atoms with E-state index < -0.39 is 47.0 Å². The Hall–Kier alpha value is -1.71. The summed E-state index contributed by atoms with van der Waals surface area (Å²) in [4.78, 5) is 14.5. The Bertz CT molecular complexity index is 543. The maximum atomic E-state index is 12.9. The predicted octanol–water partition coefficient (Wildman–Crippen LogP) is 3.52. The van der Waals surface area contributed by atoms with Crippen LogP contribution in [0.25, 0.3) is 0 Å². The average molecular weight is 338 g/mol. The fourth-order valence-corrected chi connectivity index (χ4v) is 1.60. The largest absolute Gasteiger partial charge is 0.573 e. The highest BCUT2D eigenvalue weighted by atomic mass is 35.5. The number of hydrogen-bond donors (Lipinski definition) is 0. The summed E-state index contributed by atoms with van der Waals surface area (Å²) >= 11 is 5.25. The molecule has 11 heteroatoms. The lowest BCUT2D eigenvalue weighted by Gasteiger charge is -2.19. The molecular formula is C10H6ClF6NO3. The van der Waals surface area contributed by atoms with E-state index in [2.05, 4.69) is 14.5 Å².